The van der Waals surface area contributed by atoms with E-state index in [9.17, 15) is 9.00 Å². The van der Waals surface area contributed by atoms with Crippen molar-refractivity contribution >= 4 is 16.8 Å². The van der Waals surface area contributed by atoms with E-state index in [1.165, 1.54) is 6.92 Å². The maximum atomic E-state index is 11.6. The predicted molar refractivity (Wildman–Crippen MR) is 60.1 cm³/mol. The van der Waals surface area contributed by atoms with E-state index in [-0.39, 0.29) is 0 Å². The average molecular weight is 226 g/mol. The first-order valence-corrected chi connectivity index (χ1v) is 6.05. The predicted octanol–water partition coefficient (Wildman–Crippen LogP) is 1.72. The van der Waals surface area contributed by atoms with Gasteiger partial charge in [0.2, 0.25) is 0 Å². The molecule has 1 aromatic carbocycles. The smallest absolute Gasteiger partial charge is 0.318 e. The number of rotatable bonds is 4. The van der Waals surface area contributed by atoms with Gasteiger partial charge in [0, 0.05) is 16.6 Å². The van der Waals surface area contributed by atoms with Gasteiger partial charge in [-0.15, -0.1) is 0 Å². The van der Waals surface area contributed by atoms with Crippen molar-refractivity contribution in [1.82, 2.24) is 0 Å². The summed E-state index contributed by atoms with van der Waals surface area (Å²) in [6.07, 6.45) is 0. The van der Waals surface area contributed by atoms with Crippen LogP contribution >= 0.6 is 0 Å². The lowest BCUT2D eigenvalue weighted by atomic mass is 10.1. The van der Waals surface area contributed by atoms with Gasteiger partial charge >= 0.3 is 5.97 Å². The first-order valence-electron chi connectivity index (χ1n) is 4.67. The highest BCUT2D eigenvalue weighted by molar-refractivity contribution is 7.85. The van der Waals surface area contributed by atoms with Crippen LogP contribution in [0.5, 0.6) is 0 Å². The molecule has 0 bridgehead atoms. The van der Waals surface area contributed by atoms with Crippen LogP contribution in [0.2, 0.25) is 0 Å². The van der Waals surface area contributed by atoms with Gasteiger partial charge in [0.25, 0.3) is 0 Å². The molecule has 0 spiro atoms. The molecule has 0 saturated carbocycles. The highest BCUT2D eigenvalue weighted by atomic mass is 32.2. The number of aliphatic carboxylic acids is 1. The molecule has 0 heterocycles. The first-order chi connectivity index (χ1) is 7.02. The normalized spacial score (nSPS) is 14.5. The molecule has 0 aliphatic heterocycles. The van der Waals surface area contributed by atoms with Crippen LogP contribution in [-0.4, -0.2) is 20.5 Å². The van der Waals surface area contributed by atoms with Gasteiger partial charge in [0.1, 0.15) is 5.25 Å². The number of aryl methyl sites for hydroxylation is 1. The average Bonchev–Trinajstić information content (AvgIpc) is 2.20. The molecule has 1 aromatic rings. The largest absolute Gasteiger partial charge is 0.480 e. The van der Waals surface area contributed by atoms with Gasteiger partial charge in [-0.25, -0.2) is 0 Å². The summed E-state index contributed by atoms with van der Waals surface area (Å²) in [7, 11) is -1.36. The van der Waals surface area contributed by atoms with Crippen LogP contribution < -0.4 is 0 Å². The number of benzene rings is 1. The Morgan fingerprint density at radius 1 is 1.47 bits per heavy atom. The second-order valence-corrected chi connectivity index (χ2v) is 5.19. The quantitative estimate of drug-likeness (QED) is 0.850. The van der Waals surface area contributed by atoms with Crippen molar-refractivity contribution in [2.75, 3.05) is 0 Å². The fourth-order valence-corrected chi connectivity index (χ4v) is 2.27. The van der Waals surface area contributed by atoms with Crippen LogP contribution in [0.4, 0.5) is 0 Å². The molecule has 4 heteroatoms. The summed E-state index contributed by atoms with van der Waals surface area (Å²) in [5.41, 5.74) is 1.99. The van der Waals surface area contributed by atoms with Crippen molar-refractivity contribution < 1.29 is 14.1 Å². The minimum absolute atomic E-state index is 0.306. The van der Waals surface area contributed by atoms with E-state index < -0.39 is 22.0 Å². The molecule has 82 valence electrons. The van der Waals surface area contributed by atoms with Crippen molar-refractivity contribution in [2.45, 2.75) is 24.9 Å². The van der Waals surface area contributed by atoms with Gasteiger partial charge in [-0.3, -0.25) is 9.00 Å². The molecule has 2 unspecified atom stereocenters. The Morgan fingerprint density at radius 3 is 2.60 bits per heavy atom. The van der Waals surface area contributed by atoms with E-state index in [4.69, 9.17) is 5.11 Å². The van der Waals surface area contributed by atoms with Crippen LogP contribution in [0.25, 0.3) is 0 Å². The second kappa shape index (κ2) is 5.07. The zero-order chi connectivity index (χ0) is 11.4. The Morgan fingerprint density at radius 2 is 2.07 bits per heavy atom. The van der Waals surface area contributed by atoms with Gasteiger partial charge in [-0.1, -0.05) is 24.3 Å². The van der Waals surface area contributed by atoms with Crippen molar-refractivity contribution in [1.29, 1.82) is 0 Å². The van der Waals surface area contributed by atoms with Gasteiger partial charge < -0.3 is 5.11 Å². The van der Waals surface area contributed by atoms with Gasteiger partial charge in [-0.2, -0.15) is 0 Å². The molecule has 0 amide bonds. The van der Waals surface area contributed by atoms with Crippen molar-refractivity contribution in [2.24, 2.45) is 0 Å². The van der Waals surface area contributed by atoms with E-state index in [1.807, 2.05) is 31.2 Å². The van der Waals surface area contributed by atoms with Crippen LogP contribution in [0.3, 0.4) is 0 Å². The van der Waals surface area contributed by atoms with Crippen LogP contribution in [0, 0.1) is 6.92 Å². The molecular formula is C11H14O3S. The highest BCUT2D eigenvalue weighted by Crippen LogP contribution is 2.12. The summed E-state index contributed by atoms with van der Waals surface area (Å²) >= 11 is 0. The summed E-state index contributed by atoms with van der Waals surface area (Å²) in [6, 6.07) is 7.58. The first kappa shape index (κ1) is 11.9. The minimum atomic E-state index is -1.36. The van der Waals surface area contributed by atoms with E-state index in [1.54, 1.807) is 0 Å². The molecule has 1 rings (SSSR count). The van der Waals surface area contributed by atoms with E-state index >= 15 is 0 Å². The van der Waals surface area contributed by atoms with Gasteiger partial charge in [0.05, 0.1) is 0 Å². The topological polar surface area (TPSA) is 54.4 Å². The zero-order valence-corrected chi connectivity index (χ0v) is 9.58. The molecular weight excluding hydrogens is 212 g/mol. The minimum Gasteiger partial charge on any atom is -0.480 e. The van der Waals surface area contributed by atoms with Crippen LogP contribution in [0.15, 0.2) is 24.3 Å². The van der Waals surface area contributed by atoms with Crippen LogP contribution in [-0.2, 0) is 21.3 Å². The third kappa shape index (κ3) is 3.16. The second-order valence-electron chi connectivity index (χ2n) is 3.43. The van der Waals surface area contributed by atoms with E-state index in [0.717, 1.165) is 11.1 Å². The van der Waals surface area contributed by atoms with Gasteiger partial charge in [-0.05, 0) is 25.0 Å². The lowest BCUT2D eigenvalue weighted by molar-refractivity contribution is -0.136. The maximum absolute atomic E-state index is 11.6. The van der Waals surface area contributed by atoms with E-state index in [0.29, 0.717) is 5.75 Å². The SMILES string of the molecule is Cc1ccccc1CS(=O)C(C)C(=O)O. The molecule has 0 fully saturated rings. The fourth-order valence-electron chi connectivity index (χ4n) is 1.16. The third-order valence-corrected chi connectivity index (χ3v) is 3.89. The summed E-state index contributed by atoms with van der Waals surface area (Å²) in [6.45, 7) is 3.40. The molecule has 0 saturated heterocycles. The molecule has 15 heavy (non-hydrogen) atoms. The number of carboxylic acid groups (broad SMARTS) is 1. The highest BCUT2D eigenvalue weighted by Gasteiger charge is 2.19. The molecule has 0 aliphatic carbocycles. The summed E-state index contributed by atoms with van der Waals surface area (Å²) in [5.74, 6) is -0.706. The number of carboxylic acids is 1. The van der Waals surface area contributed by atoms with E-state index in [2.05, 4.69) is 0 Å². The molecule has 3 nitrogen and oxygen atoms in total. The fraction of sp³-hybridized carbons (Fsp3) is 0.364. The number of hydrogen-bond donors (Lipinski definition) is 1. The molecule has 2 atom stereocenters. The summed E-state index contributed by atoms with van der Waals surface area (Å²) in [5, 5.41) is 7.89. The van der Waals surface area contributed by atoms with Crippen molar-refractivity contribution in [3.05, 3.63) is 35.4 Å². The lowest BCUT2D eigenvalue weighted by Gasteiger charge is -2.08. The Labute approximate surface area is 91.6 Å². The van der Waals surface area contributed by atoms with Crippen molar-refractivity contribution in [3.63, 3.8) is 0 Å². The Kier molecular flexibility index (Phi) is 4.03. The molecule has 1 N–H and O–H groups in total. The lowest BCUT2D eigenvalue weighted by Crippen LogP contribution is -2.23. The maximum Gasteiger partial charge on any atom is 0.318 e. The number of hydrogen-bond acceptors (Lipinski definition) is 2. The molecule has 0 aromatic heterocycles. The zero-order valence-electron chi connectivity index (χ0n) is 8.77. The number of carbonyl (C=O) groups is 1. The molecule has 0 aliphatic rings. The summed E-state index contributed by atoms with van der Waals surface area (Å²) in [4.78, 5) is 10.6. The van der Waals surface area contributed by atoms with Gasteiger partial charge in [0.15, 0.2) is 0 Å². The van der Waals surface area contributed by atoms with Crippen molar-refractivity contribution in [3.8, 4) is 0 Å². The summed E-state index contributed by atoms with van der Waals surface area (Å²) < 4.78 is 11.6. The third-order valence-electron chi connectivity index (χ3n) is 2.30. The monoisotopic (exact) mass is 226 g/mol. The Bertz CT molecular complexity index is 387. The Hall–Kier alpha value is -1.16. The standard InChI is InChI=1S/C11H14O3S/c1-8-5-3-4-6-10(8)7-15(14)9(2)11(12)13/h3-6,9H,7H2,1-2H3,(H,12,13). The Balaban J connectivity index is 2.75. The van der Waals surface area contributed by atoms with Crippen LogP contribution in [0.1, 0.15) is 18.1 Å². The molecule has 0 radical (unpaired) electrons.